The average Bonchev–Trinajstić information content (AvgIpc) is 2.19. The highest BCUT2D eigenvalue weighted by Gasteiger charge is 2.05. The van der Waals surface area contributed by atoms with Gasteiger partial charge in [-0.1, -0.05) is 6.07 Å². The van der Waals surface area contributed by atoms with E-state index in [1.165, 1.54) is 6.07 Å². The van der Waals surface area contributed by atoms with Crippen molar-refractivity contribution in [3.05, 3.63) is 35.5 Å². The first-order chi connectivity index (χ1) is 6.33. The number of aromatic hydroxyl groups is 1. The molecule has 0 aliphatic carbocycles. The topological polar surface area (TPSA) is 62.5 Å². The number of rotatable bonds is 1. The fourth-order valence-electron chi connectivity index (χ4n) is 1.21. The Balaban J connectivity index is 2.86. The SMILES string of the molecule is O=Nc1ccc2cnccc2c1O. The number of aromatic nitrogens is 1. The van der Waals surface area contributed by atoms with Gasteiger partial charge in [0.25, 0.3) is 0 Å². The van der Waals surface area contributed by atoms with Crippen LogP contribution >= 0.6 is 0 Å². The second-order valence-corrected chi connectivity index (χ2v) is 2.62. The molecule has 0 fully saturated rings. The summed E-state index contributed by atoms with van der Waals surface area (Å²) >= 11 is 0. The molecule has 64 valence electrons. The molecule has 1 N–H and O–H groups in total. The van der Waals surface area contributed by atoms with Gasteiger partial charge >= 0.3 is 0 Å². The number of phenols is 1. The Bertz CT molecular complexity index is 468. The molecule has 0 aliphatic rings. The molecule has 13 heavy (non-hydrogen) atoms. The summed E-state index contributed by atoms with van der Waals surface area (Å²) in [5.41, 5.74) is 0.0544. The van der Waals surface area contributed by atoms with E-state index in [4.69, 9.17) is 0 Å². The molecule has 4 heteroatoms. The van der Waals surface area contributed by atoms with Gasteiger partial charge in [0.2, 0.25) is 0 Å². The number of hydrogen-bond acceptors (Lipinski definition) is 4. The van der Waals surface area contributed by atoms with Crippen LogP contribution in [0.25, 0.3) is 10.8 Å². The van der Waals surface area contributed by atoms with Crippen LogP contribution in [-0.2, 0) is 0 Å². The van der Waals surface area contributed by atoms with Crippen molar-refractivity contribution in [3.8, 4) is 5.75 Å². The van der Waals surface area contributed by atoms with Crippen molar-refractivity contribution >= 4 is 16.5 Å². The predicted octanol–water partition coefficient (Wildman–Crippen LogP) is 2.34. The van der Waals surface area contributed by atoms with Gasteiger partial charge in [-0.15, -0.1) is 4.91 Å². The minimum Gasteiger partial charge on any atom is -0.505 e. The Morgan fingerprint density at radius 3 is 2.92 bits per heavy atom. The molecule has 0 amide bonds. The molecule has 0 atom stereocenters. The van der Waals surface area contributed by atoms with Crippen molar-refractivity contribution in [2.24, 2.45) is 5.18 Å². The standard InChI is InChI=1S/C9H6N2O2/c12-9-7-3-4-10-5-6(7)1-2-8(9)11-13/h1-5,12H. The van der Waals surface area contributed by atoms with E-state index in [-0.39, 0.29) is 11.4 Å². The summed E-state index contributed by atoms with van der Waals surface area (Å²) in [5.74, 6) is -0.0881. The van der Waals surface area contributed by atoms with E-state index < -0.39 is 0 Å². The van der Waals surface area contributed by atoms with Crippen molar-refractivity contribution in [2.75, 3.05) is 0 Å². The first-order valence-corrected chi connectivity index (χ1v) is 3.72. The highest BCUT2D eigenvalue weighted by atomic mass is 16.3. The Morgan fingerprint density at radius 2 is 2.15 bits per heavy atom. The number of nitroso groups, excluding NO2 is 1. The monoisotopic (exact) mass is 174 g/mol. The second-order valence-electron chi connectivity index (χ2n) is 2.62. The number of phenolic OH excluding ortho intramolecular Hbond substituents is 1. The molecule has 0 saturated heterocycles. The third-order valence-electron chi connectivity index (χ3n) is 1.87. The lowest BCUT2D eigenvalue weighted by atomic mass is 10.1. The Hall–Kier alpha value is -1.97. The molecular weight excluding hydrogens is 168 g/mol. The summed E-state index contributed by atoms with van der Waals surface area (Å²) in [7, 11) is 0. The van der Waals surface area contributed by atoms with Crippen LogP contribution in [0.2, 0.25) is 0 Å². The molecule has 4 nitrogen and oxygen atoms in total. The molecule has 2 rings (SSSR count). The molecule has 0 unspecified atom stereocenters. The van der Waals surface area contributed by atoms with Crippen LogP contribution < -0.4 is 0 Å². The summed E-state index contributed by atoms with van der Waals surface area (Å²) in [6.07, 6.45) is 3.17. The Labute approximate surface area is 73.8 Å². The lowest BCUT2D eigenvalue weighted by Gasteiger charge is -2.00. The van der Waals surface area contributed by atoms with Crippen molar-refractivity contribution in [2.45, 2.75) is 0 Å². The molecule has 1 aromatic carbocycles. The van der Waals surface area contributed by atoms with Crippen LogP contribution in [0.4, 0.5) is 5.69 Å². The summed E-state index contributed by atoms with van der Waals surface area (Å²) < 4.78 is 0. The van der Waals surface area contributed by atoms with Crippen LogP contribution in [-0.4, -0.2) is 10.1 Å². The average molecular weight is 174 g/mol. The van der Waals surface area contributed by atoms with Gasteiger partial charge in [0.05, 0.1) is 0 Å². The molecule has 2 aromatic rings. The fraction of sp³-hybridized carbons (Fsp3) is 0. The van der Waals surface area contributed by atoms with Crippen LogP contribution in [0.1, 0.15) is 0 Å². The Morgan fingerprint density at radius 1 is 1.31 bits per heavy atom. The first-order valence-electron chi connectivity index (χ1n) is 3.72. The highest BCUT2D eigenvalue weighted by molar-refractivity contribution is 5.91. The summed E-state index contributed by atoms with van der Waals surface area (Å²) in [6, 6.07) is 4.80. The lowest BCUT2D eigenvalue weighted by Crippen LogP contribution is -1.76. The summed E-state index contributed by atoms with van der Waals surface area (Å²) in [4.78, 5) is 14.1. The smallest absolute Gasteiger partial charge is 0.152 e. The molecule has 0 saturated carbocycles. The van der Waals surface area contributed by atoms with E-state index in [1.807, 2.05) is 0 Å². The van der Waals surface area contributed by atoms with Crippen molar-refractivity contribution in [1.82, 2.24) is 4.98 Å². The van der Waals surface area contributed by atoms with Gasteiger partial charge in [-0.25, -0.2) is 0 Å². The van der Waals surface area contributed by atoms with Gasteiger partial charge < -0.3 is 5.11 Å². The van der Waals surface area contributed by atoms with E-state index in [0.29, 0.717) is 5.39 Å². The highest BCUT2D eigenvalue weighted by Crippen LogP contribution is 2.33. The quantitative estimate of drug-likeness (QED) is 0.675. The first kappa shape index (κ1) is 7.67. The van der Waals surface area contributed by atoms with Crippen LogP contribution in [0.3, 0.4) is 0 Å². The molecule has 0 aliphatic heterocycles. The van der Waals surface area contributed by atoms with Crippen molar-refractivity contribution in [1.29, 1.82) is 0 Å². The van der Waals surface area contributed by atoms with Gasteiger partial charge in [0, 0.05) is 23.2 Å². The minimum atomic E-state index is -0.0881. The van der Waals surface area contributed by atoms with E-state index in [9.17, 15) is 10.0 Å². The molecule has 0 bridgehead atoms. The largest absolute Gasteiger partial charge is 0.505 e. The van der Waals surface area contributed by atoms with Gasteiger partial charge in [-0.3, -0.25) is 4.98 Å². The summed E-state index contributed by atoms with van der Waals surface area (Å²) in [5, 5.41) is 13.6. The molecule has 0 spiro atoms. The Kier molecular flexibility index (Phi) is 1.66. The molecule has 1 heterocycles. The zero-order valence-corrected chi connectivity index (χ0v) is 6.64. The van der Waals surface area contributed by atoms with Gasteiger partial charge in [0.15, 0.2) is 5.75 Å². The third-order valence-corrected chi connectivity index (χ3v) is 1.87. The number of pyridine rings is 1. The van der Waals surface area contributed by atoms with Crippen LogP contribution in [0, 0.1) is 4.91 Å². The van der Waals surface area contributed by atoms with Gasteiger partial charge in [-0.2, -0.15) is 0 Å². The number of hydrogen-bond donors (Lipinski definition) is 1. The van der Waals surface area contributed by atoms with Gasteiger partial charge in [-0.05, 0) is 17.3 Å². The minimum absolute atomic E-state index is 0.0544. The lowest BCUT2D eigenvalue weighted by molar-refractivity contribution is 0.483. The van der Waals surface area contributed by atoms with Crippen LogP contribution in [0.15, 0.2) is 35.8 Å². The zero-order chi connectivity index (χ0) is 9.26. The predicted molar refractivity (Wildman–Crippen MR) is 48.9 cm³/mol. The van der Waals surface area contributed by atoms with Crippen molar-refractivity contribution < 1.29 is 5.11 Å². The van der Waals surface area contributed by atoms with Gasteiger partial charge in [0.1, 0.15) is 5.69 Å². The third kappa shape index (κ3) is 1.12. The van der Waals surface area contributed by atoms with Crippen molar-refractivity contribution in [3.63, 3.8) is 0 Å². The number of benzene rings is 1. The maximum Gasteiger partial charge on any atom is 0.152 e. The van der Waals surface area contributed by atoms with E-state index in [1.54, 1.807) is 24.5 Å². The second kappa shape index (κ2) is 2.82. The summed E-state index contributed by atoms with van der Waals surface area (Å²) in [6.45, 7) is 0. The van der Waals surface area contributed by atoms with E-state index >= 15 is 0 Å². The van der Waals surface area contributed by atoms with E-state index in [2.05, 4.69) is 10.2 Å². The van der Waals surface area contributed by atoms with E-state index in [0.717, 1.165) is 5.39 Å². The number of fused-ring (bicyclic) bond motifs is 1. The maximum atomic E-state index is 10.2. The fourth-order valence-corrected chi connectivity index (χ4v) is 1.21. The zero-order valence-electron chi connectivity index (χ0n) is 6.64. The maximum absolute atomic E-state index is 10.2. The molecule has 0 radical (unpaired) electrons. The molecule has 1 aromatic heterocycles. The normalized spacial score (nSPS) is 10.2. The molecular formula is C9H6N2O2. The van der Waals surface area contributed by atoms with Crippen LogP contribution in [0.5, 0.6) is 5.75 Å². The number of nitrogens with zero attached hydrogens (tertiary/aromatic N) is 2.